The maximum Gasteiger partial charge on any atom is 0.341 e. The first kappa shape index (κ1) is 25.0. The number of benzene rings is 1. The van der Waals surface area contributed by atoms with Gasteiger partial charge in [-0.15, -0.1) is 0 Å². The number of aromatic hydroxyl groups is 1. The summed E-state index contributed by atoms with van der Waals surface area (Å²) in [6.45, 7) is 2.42. The lowest BCUT2D eigenvalue weighted by Crippen LogP contribution is -2.25. The maximum atomic E-state index is 12.1. The summed E-state index contributed by atoms with van der Waals surface area (Å²) in [4.78, 5) is 24.1. The Labute approximate surface area is 186 Å². The van der Waals surface area contributed by atoms with Gasteiger partial charge in [0.1, 0.15) is 11.3 Å². The van der Waals surface area contributed by atoms with E-state index in [-0.39, 0.29) is 18.2 Å². The van der Waals surface area contributed by atoms with Gasteiger partial charge in [-0.05, 0) is 24.6 Å². The highest BCUT2D eigenvalue weighted by Gasteiger charge is 2.08. The zero-order valence-electron chi connectivity index (χ0n) is 19.1. The van der Waals surface area contributed by atoms with Gasteiger partial charge in [0.05, 0.1) is 5.56 Å². The average molecular weight is 430 g/mol. The smallest absolute Gasteiger partial charge is 0.341 e. The van der Waals surface area contributed by atoms with Gasteiger partial charge in [-0.3, -0.25) is 4.79 Å². The molecule has 0 bridgehead atoms. The number of carbonyl (C=O) groups is 1. The molecule has 0 aliphatic heterocycles. The molecule has 5 nitrogen and oxygen atoms in total. The molecule has 0 spiro atoms. The van der Waals surface area contributed by atoms with Crippen LogP contribution in [0.3, 0.4) is 0 Å². The van der Waals surface area contributed by atoms with E-state index in [9.17, 15) is 14.7 Å². The van der Waals surface area contributed by atoms with Crippen LogP contribution >= 0.6 is 0 Å². The van der Waals surface area contributed by atoms with Crippen molar-refractivity contribution in [2.75, 3.05) is 0 Å². The second kappa shape index (κ2) is 14.7. The summed E-state index contributed by atoms with van der Waals surface area (Å²) in [5.41, 5.74) is 0.267. The summed E-state index contributed by atoms with van der Waals surface area (Å²) in [7, 11) is 0. The summed E-state index contributed by atoms with van der Waals surface area (Å²) in [5.74, 6) is 0.0165. The van der Waals surface area contributed by atoms with Crippen molar-refractivity contribution < 1.29 is 14.3 Å². The molecule has 2 rings (SSSR count). The molecule has 0 aliphatic rings. The molecular formula is C26H39NO4. The molecule has 0 atom stereocenters. The van der Waals surface area contributed by atoms with E-state index in [0.717, 1.165) is 18.2 Å². The Bertz CT molecular complexity index is 843. The fraction of sp³-hybridized carbons (Fsp3) is 0.615. The summed E-state index contributed by atoms with van der Waals surface area (Å²) in [6, 6.07) is 6.34. The molecule has 0 unspecified atom stereocenters. The van der Waals surface area contributed by atoms with Crippen LogP contribution in [-0.4, -0.2) is 11.0 Å². The second-order valence-corrected chi connectivity index (χ2v) is 8.55. The van der Waals surface area contributed by atoms with Crippen LogP contribution in [0, 0.1) is 0 Å². The van der Waals surface area contributed by atoms with Gasteiger partial charge in [0.2, 0.25) is 5.91 Å². The number of phenolic OH excluding ortho intramolecular Hbond substituents is 1. The SMILES string of the molecule is CCCCCCCCCCCCCCCC(=O)NCc1cc2ccc(O)cc2oc1=O. The number of carbonyl (C=O) groups excluding carboxylic acids is 1. The standard InChI is InChI=1S/C26H39NO4/c1-2-3-4-5-6-7-8-9-10-11-12-13-14-15-25(29)27-20-22-18-21-16-17-23(28)19-24(21)31-26(22)30/h16-19,28H,2-15,20H2,1H3,(H,27,29). The Kier molecular flexibility index (Phi) is 11.8. The molecule has 1 amide bonds. The van der Waals surface area contributed by atoms with E-state index in [1.807, 2.05) is 0 Å². The van der Waals surface area contributed by atoms with Gasteiger partial charge in [-0.1, -0.05) is 84.0 Å². The van der Waals surface area contributed by atoms with Crippen molar-refractivity contribution in [3.05, 3.63) is 40.2 Å². The fourth-order valence-electron chi connectivity index (χ4n) is 3.85. The summed E-state index contributed by atoms with van der Waals surface area (Å²) >= 11 is 0. The van der Waals surface area contributed by atoms with Crippen molar-refractivity contribution in [3.63, 3.8) is 0 Å². The number of hydrogen-bond donors (Lipinski definition) is 2. The first-order valence-corrected chi connectivity index (χ1v) is 12.1. The van der Waals surface area contributed by atoms with Gasteiger partial charge >= 0.3 is 5.63 Å². The number of rotatable bonds is 16. The highest BCUT2D eigenvalue weighted by molar-refractivity contribution is 5.79. The van der Waals surface area contributed by atoms with Gasteiger partial charge < -0.3 is 14.8 Å². The second-order valence-electron chi connectivity index (χ2n) is 8.55. The molecule has 0 saturated carbocycles. The number of unbranched alkanes of at least 4 members (excludes halogenated alkanes) is 12. The largest absolute Gasteiger partial charge is 0.508 e. The molecule has 5 heteroatoms. The molecule has 0 aliphatic carbocycles. The summed E-state index contributed by atoms with van der Waals surface area (Å²) in [6.07, 6.45) is 17.1. The minimum Gasteiger partial charge on any atom is -0.508 e. The predicted octanol–water partition coefficient (Wildman–Crippen LogP) is 6.60. The van der Waals surface area contributed by atoms with Gasteiger partial charge in [0, 0.05) is 24.4 Å². The third-order valence-corrected chi connectivity index (χ3v) is 5.78. The van der Waals surface area contributed by atoms with Crippen LogP contribution in [0.25, 0.3) is 11.0 Å². The normalized spacial score (nSPS) is 11.1. The fourth-order valence-corrected chi connectivity index (χ4v) is 3.85. The molecule has 1 aromatic heterocycles. The van der Waals surface area contributed by atoms with Crippen LogP contribution in [-0.2, 0) is 11.3 Å². The number of nitrogens with one attached hydrogen (secondary N) is 1. The lowest BCUT2D eigenvalue weighted by molar-refractivity contribution is -0.121. The molecule has 0 saturated heterocycles. The van der Waals surface area contributed by atoms with Gasteiger partial charge in [-0.25, -0.2) is 4.79 Å². The van der Waals surface area contributed by atoms with Gasteiger partial charge in [-0.2, -0.15) is 0 Å². The molecule has 2 N–H and O–H groups in total. The van der Waals surface area contributed by atoms with Crippen LogP contribution in [0.4, 0.5) is 0 Å². The van der Waals surface area contributed by atoms with E-state index in [0.29, 0.717) is 17.6 Å². The zero-order valence-corrected chi connectivity index (χ0v) is 19.1. The molecule has 1 heterocycles. The molecule has 1 aromatic carbocycles. The van der Waals surface area contributed by atoms with Crippen molar-refractivity contribution in [1.82, 2.24) is 5.32 Å². The first-order valence-electron chi connectivity index (χ1n) is 12.1. The molecule has 31 heavy (non-hydrogen) atoms. The van der Waals surface area contributed by atoms with Crippen LogP contribution in [0.5, 0.6) is 5.75 Å². The van der Waals surface area contributed by atoms with Gasteiger partial charge in [0.25, 0.3) is 0 Å². The zero-order chi connectivity index (χ0) is 22.3. The van der Waals surface area contributed by atoms with E-state index in [1.165, 1.54) is 76.7 Å². The Balaban J connectivity index is 1.50. The predicted molar refractivity (Wildman–Crippen MR) is 126 cm³/mol. The van der Waals surface area contributed by atoms with Crippen molar-refractivity contribution in [3.8, 4) is 5.75 Å². The Morgan fingerprint density at radius 2 is 1.45 bits per heavy atom. The van der Waals surface area contributed by atoms with Crippen molar-refractivity contribution in [2.24, 2.45) is 0 Å². The highest BCUT2D eigenvalue weighted by Crippen LogP contribution is 2.19. The van der Waals surface area contributed by atoms with E-state index in [2.05, 4.69) is 12.2 Å². The number of phenols is 1. The number of fused-ring (bicyclic) bond motifs is 1. The third kappa shape index (κ3) is 10.0. The highest BCUT2D eigenvalue weighted by atomic mass is 16.4. The van der Waals surface area contributed by atoms with E-state index < -0.39 is 5.63 Å². The Morgan fingerprint density at radius 3 is 2.06 bits per heavy atom. The Hall–Kier alpha value is -2.30. The quantitative estimate of drug-likeness (QED) is 0.233. The maximum absolute atomic E-state index is 12.1. The Morgan fingerprint density at radius 1 is 0.871 bits per heavy atom. The summed E-state index contributed by atoms with van der Waals surface area (Å²) < 4.78 is 5.22. The molecule has 2 aromatic rings. The lowest BCUT2D eigenvalue weighted by atomic mass is 10.0. The third-order valence-electron chi connectivity index (χ3n) is 5.78. The number of hydrogen-bond acceptors (Lipinski definition) is 4. The van der Waals surface area contributed by atoms with E-state index >= 15 is 0 Å². The van der Waals surface area contributed by atoms with Crippen LogP contribution < -0.4 is 10.9 Å². The number of amides is 1. The molecule has 0 fully saturated rings. The molecular weight excluding hydrogens is 390 g/mol. The average Bonchev–Trinajstić information content (AvgIpc) is 2.75. The minimum absolute atomic E-state index is 0.0340. The van der Waals surface area contributed by atoms with Crippen LogP contribution in [0.1, 0.15) is 102 Å². The lowest BCUT2D eigenvalue weighted by Gasteiger charge is -2.06. The van der Waals surface area contributed by atoms with Crippen LogP contribution in [0.2, 0.25) is 0 Å². The molecule has 0 radical (unpaired) electrons. The topological polar surface area (TPSA) is 79.5 Å². The minimum atomic E-state index is -0.487. The van der Waals surface area contributed by atoms with Crippen molar-refractivity contribution in [2.45, 2.75) is 103 Å². The first-order chi connectivity index (χ1) is 15.1. The van der Waals surface area contributed by atoms with E-state index in [4.69, 9.17) is 4.42 Å². The van der Waals surface area contributed by atoms with Crippen LogP contribution in [0.15, 0.2) is 33.5 Å². The van der Waals surface area contributed by atoms with Crippen molar-refractivity contribution >= 4 is 16.9 Å². The molecule has 172 valence electrons. The van der Waals surface area contributed by atoms with Gasteiger partial charge in [0.15, 0.2) is 0 Å². The van der Waals surface area contributed by atoms with E-state index in [1.54, 1.807) is 18.2 Å². The van der Waals surface area contributed by atoms with Crippen molar-refractivity contribution in [1.29, 1.82) is 0 Å². The summed E-state index contributed by atoms with van der Waals surface area (Å²) in [5, 5.41) is 13.0. The monoisotopic (exact) mass is 429 g/mol.